The summed E-state index contributed by atoms with van der Waals surface area (Å²) in [7, 11) is 1.78. The molecule has 1 amide bonds. The van der Waals surface area contributed by atoms with Gasteiger partial charge in [0.05, 0.1) is 11.5 Å². The van der Waals surface area contributed by atoms with E-state index in [1.165, 1.54) is 0 Å². The van der Waals surface area contributed by atoms with Crippen LogP contribution in [0.5, 0.6) is 0 Å². The van der Waals surface area contributed by atoms with Crippen molar-refractivity contribution in [2.75, 3.05) is 31.8 Å². The van der Waals surface area contributed by atoms with E-state index < -0.39 is 5.97 Å². The zero-order valence-electron chi connectivity index (χ0n) is 9.35. The third-order valence-corrected chi connectivity index (χ3v) is 3.49. The molecule has 1 rings (SSSR count). The predicted octanol–water partition coefficient (Wildman–Crippen LogP) is 0.442. The largest absolute Gasteiger partial charge is 0.481 e. The first-order valence-corrected chi connectivity index (χ1v) is 6.39. The lowest BCUT2D eigenvalue weighted by molar-refractivity contribution is -0.133. The lowest BCUT2D eigenvalue weighted by atomic mass is 10.1. The van der Waals surface area contributed by atoms with Crippen molar-refractivity contribution >= 4 is 23.6 Å². The molecule has 1 aliphatic heterocycles. The molecule has 5 nitrogen and oxygen atoms in total. The third-order valence-electron chi connectivity index (χ3n) is 2.58. The summed E-state index contributed by atoms with van der Waals surface area (Å²) < 4.78 is 5.22. The van der Waals surface area contributed by atoms with E-state index in [-0.39, 0.29) is 23.5 Å². The molecule has 92 valence electrons. The Hall–Kier alpha value is -0.750. The molecule has 0 radical (unpaired) electrons. The molecule has 1 fully saturated rings. The van der Waals surface area contributed by atoms with Gasteiger partial charge in [-0.15, -0.1) is 11.8 Å². The molecule has 1 heterocycles. The van der Waals surface area contributed by atoms with Gasteiger partial charge in [-0.3, -0.25) is 9.59 Å². The van der Waals surface area contributed by atoms with E-state index in [9.17, 15) is 9.59 Å². The number of thioether (sulfide) groups is 1. The van der Waals surface area contributed by atoms with Crippen molar-refractivity contribution in [1.82, 2.24) is 4.90 Å². The molecule has 0 aromatic rings. The third kappa shape index (κ3) is 4.40. The van der Waals surface area contributed by atoms with Gasteiger partial charge in [-0.2, -0.15) is 0 Å². The number of carboxylic acid groups (broad SMARTS) is 1. The fraction of sp³-hybridized carbons (Fsp3) is 0.800. The first kappa shape index (κ1) is 13.3. The van der Waals surface area contributed by atoms with Crippen molar-refractivity contribution in [2.24, 2.45) is 0 Å². The van der Waals surface area contributed by atoms with Gasteiger partial charge in [0, 0.05) is 26.3 Å². The highest BCUT2D eigenvalue weighted by atomic mass is 32.2. The van der Waals surface area contributed by atoms with E-state index in [2.05, 4.69) is 0 Å². The second-order valence-corrected chi connectivity index (χ2v) is 4.72. The van der Waals surface area contributed by atoms with Crippen LogP contribution in [0, 0.1) is 0 Å². The Morgan fingerprint density at radius 3 is 2.56 bits per heavy atom. The number of carboxylic acids is 1. The highest BCUT2D eigenvalue weighted by molar-refractivity contribution is 8.00. The maximum atomic E-state index is 11.7. The van der Waals surface area contributed by atoms with E-state index in [0.717, 1.165) is 24.6 Å². The molecular weight excluding hydrogens is 230 g/mol. The van der Waals surface area contributed by atoms with Crippen LogP contribution in [0.15, 0.2) is 0 Å². The minimum atomic E-state index is -0.883. The summed E-state index contributed by atoms with van der Waals surface area (Å²) in [6.45, 7) is 1.40. The maximum absolute atomic E-state index is 11.7. The molecule has 1 aliphatic rings. The van der Waals surface area contributed by atoms with Crippen LogP contribution in [0.1, 0.15) is 12.8 Å². The summed E-state index contributed by atoms with van der Waals surface area (Å²) in [4.78, 5) is 23.7. The number of aliphatic carboxylic acids is 1. The van der Waals surface area contributed by atoms with Gasteiger partial charge in [0.2, 0.25) is 5.91 Å². The summed E-state index contributed by atoms with van der Waals surface area (Å²) in [5, 5.41) is 8.45. The van der Waals surface area contributed by atoms with Crippen molar-refractivity contribution in [3.63, 3.8) is 0 Å². The van der Waals surface area contributed by atoms with E-state index in [1.807, 2.05) is 0 Å². The zero-order chi connectivity index (χ0) is 12.0. The van der Waals surface area contributed by atoms with Crippen molar-refractivity contribution in [3.8, 4) is 0 Å². The summed E-state index contributed by atoms with van der Waals surface area (Å²) in [6, 6.07) is 0.242. The Morgan fingerprint density at radius 2 is 2.00 bits per heavy atom. The molecule has 0 atom stereocenters. The minimum Gasteiger partial charge on any atom is -0.481 e. The van der Waals surface area contributed by atoms with Crippen molar-refractivity contribution < 1.29 is 19.4 Å². The van der Waals surface area contributed by atoms with Crippen LogP contribution < -0.4 is 0 Å². The maximum Gasteiger partial charge on any atom is 0.313 e. The molecule has 0 aromatic heterocycles. The molecule has 0 unspecified atom stereocenters. The van der Waals surface area contributed by atoms with Crippen LogP contribution in [0.3, 0.4) is 0 Å². The lowest BCUT2D eigenvalue weighted by Crippen LogP contribution is -2.41. The van der Waals surface area contributed by atoms with Crippen LogP contribution in [0.25, 0.3) is 0 Å². The Balaban J connectivity index is 2.26. The van der Waals surface area contributed by atoms with Crippen LogP contribution in [-0.4, -0.2) is 59.7 Å². The highest BCUT2D eigenvalue weighted by Gasteiger charge is 2.22. The summed E-state index contributed by atoms with van der Waals surface area (Å²) in [6.07, 6.45) is 1.73. The van der Waals surface area contributed by atoms with Crippen LogP contribution >= 0.6 is 11.8 Å². The fourth-order valence-electron chi connectivity index (χ4n) is 1.60. The molecule has 1 N–H and O–H groups in total. The van der Waals surface area contributed by atoms with Gasteiger partial charge < -0.3 is 14.7 Å². The van der Waals surface area contributed by atoms with Crippen LogP contribution in [0.4, 0.5) is 0 Å². The number of hydrogen-bond acceptors (Lipinski definition) is 4. The van der Waals surface area contributed by atoms with Gasteiger partial charge in [-0.05, 0) is 12.8 Å². The van der Waals surface area contributed by atoms with Crippen molar-refractivity contribution in [3.05, 3.63) is 0 Å². The zero-order valence-corrected chi connectivity index (χ0v) is 10.2. The Kier molecular flexibility index (Phi) is 5.62. The topological polar surface area (TPSA) is 66.8 Å². The van der Waals surface area contributed by atoms with E-state index in [0.29, 0.717) is 13.2 Å². The van der Waals surface area contributed by atoms with Gasteiger partial charge in [0.25, 0.3) is 0 Å². The second kappa shape index (κ2) is 6.75. The average molecular weight is 247 g/mol. The molecule has 0 aromatic carbocycles. The lowest BCUT2D eigenvalue weighted by Gasteiger charge is -2.31. The Labute approximate surface area is 99.1 Å². The first-order chi connectivity index (χ1) is 7.61. The van der Waals surface area contributed by atoms with Gasteiger partial charge in [0.15, 0.2) is 0 Å². The smallest absolute Gasteiger partial charge is 0.313 e. The number of nitrogens with zero attached hydrogens (tertiary/aromatic N) is 1. The summed E-state index contributed by atoms with van der Waals surface area (Å²) >= 11 is 1.14. The number of ether oxygens (including phenoxy) is 1. The van der Waals surface area contributed by atoms with Crippen molar-refractivity contribution in [2.45, 2.75) is 18.9 Å². The van der Waals surface area contributed by atoms with E-state index in [4.69, 9.17) is 9.84 Å². The number of rotatable bonds is 5. The molecule has 0 aliphatic carbocycles. The molecule has 0 saturated carbocycles. The van der Waals surface area contributed by atoms with Crippen molar-refractivity contribution in [1.29, 1.82) is 0 Å². The standard InChI is InChI=1S/C10H17NO4S/c1-11(8-2-4-15-5-3-8)9(12)6-16-7-10(13)14/h8H,2-7H2,1H3,(H,13,14). The predicted molar refractivity (Wildman–Crippen MR) is 61.6 cm³/mol. The van der Waals surface area contributed by atoms with Gasteiger partial charge in [-0.1, -0.05) is 0 Å². The number of carbonyl (C=O) groups is 2. The molecule has 16 heavy (non-hydrogen) atoms. The quantitative estimate of drug-likeness (QED) is 0.763. The van der Waals surface area contributed by atoms with Crippen LogP contribution in [0.2, 0.25) is 0 Å². The summed E-state index contributed by atoms with van der Waals surface area (Å²) in [5.74, 6) is -0.669. The molecule has 1 saturated heterocycles. The first-order valence-electron chi connectivity index (χ1n) is 5.24. The van der Waals surface area contributed by atoms with Gasteiger partial charge in [0.1, 0.15) is 0 Å². The monoisotopic (exact) mass is 247 g/mol. The number of amides is 1. The molecular formula is C10H17NO4S. The Bertz CT molecular complexity index is 253. The normalized spacial score (nSPS) is 17.1. The Morgan fingerprint density at radius 1 is 1.38 bits per heavy atom. The summed E-state index contributed by atoms with van der Waals surface area (Å²) in [5.41, 5.74) is 0. The molecule has 6 heteroatoms. The van der Waals surface area contributed by atoms with E-state index >= 15 is 0 Å². The number of hydrogen-bond donors (Lipinski definition) is 1. The number of carbonyl (C=O) groups excluding carboxylic acids is 1. The SMILES string of the molecule is CN(C(=O)CSCC(=O)O)C1CCOCC1. The van der Waals surface area contributed by atoms with E-state index in [1.54, 1.807) is 11.9 Å². The molecule has 0 spiro atoms. The fourth-order valence-corrected chi connectivity index (χ4v) is 2.26. The van der Waals surface area contributed by atoms with Gasteiger partial charge in [-0.25, -0.2) is 0 Å². The van der Waals surface area contributed by atoms with Crippen LogP contribution in [-0.2, 0) is 14.3 Å². The second-order valence-electron chi connectivity index (χ2n) is 3.73. The average Bonchev–Trinajstić information content (AvgIpc) is 2.28. The van der Waals surface area contributed by atoms with Gasteiger partial charge >= 0.3 is 5.97 Å². The molecule has 0 bridgehead atoms. The highest BCUT2D eigenvalue weighted by Crippen LogP contribution is 2.14. The minimum absolute atomic E-state index is 0.00171.